The number of hydrogen-bond donors (Lipinski definition) is 1. The molecule has 0 bridgehead atoms. The number of amides is 1. The number of pyridine rings is 2. The van der Waals surface area contributed by atoms with Crippen molar-refractivity contribution in [2.24, 2.45) is 4.99 Å². The second kappa shape index (κ2) is 12.5. The van der Waals surface area contributed by atoms with Gasteiger partial charge in [-0.05, 0) is 71.2 Å². The van der Waals surface area contributed by atoms with Crippen molar-refractivity contribution in [1.29, 1.82) is 0 Å². The fraction of sp³-hybridized carbons (Fsp3) is 0.516. The molecule has 0 unspecified atom stereocenters. The van der Waals surface area contributed by atoms with Crippen molar-refractivity contribution in [3.63, 3.8) is 0 Å². The molecule has 43 heavy (non-hydrogen) atoms. The van der Waals surface area contributed by atoms with Crippen molar-refractivity contribution in [2.75, 3.05) is 37.7 Å². The number of ether oxygens (including phenoxy) is 2. The lowest BCUT2D eigenvalue weighted by Gasteiger charge is -2.36. The molecule has 230 valence electrons. The van der Waals surface area contributed by atoms with Crippen LogP contribution >= 0.6 is 0 Å². The largest absolute Gasteiger partial charge is 0.501 e. The number of aryl methyl sites for hydroxylation is 1. The van der Waals surface area contributed by atoms with Gasteiger partial charge < -0.3 is 24.5 Å². The van der Waals surface area contributed by atoms with Crippen molar-refractivity contribution in [1.82, 2.24) is 24.2 Å². The first kappa shape index (κ1) is 30.1. The quantitative estimate of drug-likeness (QED) is 0.327. The van der Waals surface area contributed by atoms with Gasteiger partial charge in [0, 0.05) is 49.4 Å². The molecule has 1 aliphatic heterocycles. The van der Waals surface area contributed by atoms with E-state index < -0.39 is 5.60 Å². The summed E-state index contributed by atoms with van der Waals surface area (Å²) >= 11 is 0. The highest BCUT2D eigenvalue weighted by Crippen LogP contribution is 2.32. The van der Waals surface area contributed by atoms with Gasteiger partial charge in [0.2, 0.25) is 0 Å². The molecule has 3 aromatic heterocycles. The van der Waals surface area contributed by atoms with Crippen LogP contribution in [0.15, 0.2) is 40.6 Å². The number of carbonyl (C=O) groups is 1. The fourth-order valence-corrected chi connectivity index (χ4v) is 5.63. The van der Waals surface area contributed by atoms with Gasteiger partial charge in [-0.3, -0.25) is 9.36 Å². The summed E-state index contributed by atoms with van der Waals surface area (Å²) in [6.07, 6.45) is 10.2. The Morgan fingerprint density at radius 1 is 1.16 bits per heavy atom. The summed E-state index contributed by atoms with van der Waals surface area (Å²) in [5, 5.41) is 11.6. The average Bonchev–Trinajstić information content (AvgIpc) is 3.50. The summed E-state index contributed by atoms with van der Waals surface area (Å²) in [4.78, 5) is 43.6. The average molecular weight is 592 g/mol. The highest BCUT2D eigenvalue weighted by molar-refractivity contribution is 5.82. The van der Waals surface area contributed by atoms with Gasteiger partial charge in [-0.1, -0.05) is 12.8 Å². The van der Waals surface area contributed by atoms with E-state index in [-0.39, 0.29) is 29.1 Å². The number of nitrogens with zero attached hydrogens (tertiary/aromatic N) is 7. The van der Waals surface area contributed by atoms with E-state index in [1.54, 1.807) is 40.3 Å². The van der Waals surface area contributed by atoms with E-state index >= 15 is 0 Å². The second-order valence-corrected chi connectivity index (χ2v) is 12.0. The van der Waals surface area contributed by atoms with E-state index in [0.717, 1.165) is 47.1 Å². The minimum atomic E-state index is -0.540. The lowest BCUT2D eigenvalue weighted by molar-refractivity contribution is 0.0240. The summed E-state index contributed by atoms with van der Waals surface area (Å²) < 4.78 is 13.6. The standard InChI is InChI=1S/C31H41N7O5/c1-6-42-18-13-24-21(2)25-19-32-29(34-27(25)38(28(24)39)22-9-7-8-10-22)33-26-12-11-23(20-37(26)41)35-14-16-36(17-15-35)30(40)43-31(3,4)5/h11-13,18-20,22,41H,6-10,14-17H2,1-5H3/b18-13+,33-26-. The number of carbonyl (C=O) groups excluding carboxylic acids is 1. The topological polar surface area (TPSA) is 127 Å². The summed E-state index contributed by atoms with van der Waals surface area (Å²) in [7, 11) is 0. The van der Waals surface area contributed by atoms with E-state index in [1.165, 1.54) is 0 Å². The van der Waals surface area contributed by atoms with Crippen LogP contribution in [0.4, 0.5) is 16.4 Å². The highest BCUT2D eigenvalue weighted by atomic mass is 16.6. The Kier molecular flexibility index (Phi) is 8.74. The molecule has 5 rings (SSSR count). The third kappa shape index (κ3) is 6.68. The van der Waals surface area contributed by atoms with Gasteiger partial charge in [0.25, 0.3) is 11.5 Å². The predicted octanol–water partition coefficient (Wildman–Crippen LogP) is 4.55. The van der Waals surface area contributed by atoms with Crippen LogP contribution in [-0.4, -0.2) is 73.9 Å². The summed E-state index contributed by atoms with van der Waals surface area (Å²) in [6.45, 7) is 12.1. The third-order valence-electron chi connectivity index (χ3n) is 7.83. The Morgan fingerprint density at radius 3 is 2.53 bits per heavy atom. The molecule has 0 radical (unpaired) electrons. The Bertz CT molecular complexity index is 1640. The van der Waals surface area contributed by atoms with E-state index in [1.807, 2.05) is 40.7 Å². The maximum absolute atomic E-state index is 13.7. The lowest BCUT2D eigenvalue weighted by Crippen LogP contribution is -2.50. The molecule has 1 aliphatic carbocycles. The first-order chi connectivity index (χ1) is 20.6. The second-order valence-electron chi connectivity index (χ2n) is 12.0. The van der Waals surface area contributed by atoms with Crippen molar-refractivity contribution in [3.05, 3.63) is 57.8 Å². The van der Waals surface area contributed by atoms with Crippen LogP contribution in [-0.2, 0) is 9.47 Å². The lowest BCUT2D eigenvalue weighted by atomic mass is 10.1. The number of piperazine rings is 1. The molecule has 1 saturated carbocycles. The van der Waals surface area contributed by atoms with Crippen molar-refractivity contribution < 1.29 is 19.5 Å². The van der Waals surface area contributed by atoms with Gasteiger partial charge in [0.15, 0.2) is 5.49 Å². The van der Waals surface area contributed by atoms with Gasteiger partial charge in [-0.15, -0.1) is 0 Å². The molecule has 0 spiro atoms. The fourth-order valence-electron chi connectivity index (χ4n) is 5.63. The predicted molar refractivity (Wildman–Crippen MR) is 164 cm³/mol. The number of fused-ring (bicyclic) bond motifs is 1. The van der Waals surface area contributed by atoms with Gasteiger partial charge in [-0.2, -0.15) is 14.7 Å². The Morgan fingerprint density at radius 2 is 1.88 bits per heavy atom. The monoisotopic (exact) mass is 591 g/mol. The first-order valence-electron chi connectivity index (χ1n) is 15.0. The van der Waals surface area contributed by atoms with Crippen LogP contribution in [0.25, 0.3) is 17.1 Å². The molecule has 1 N–H and O–H groups in total. The number of hydrogen-bond acceptors (Lipinski definition) is 9. The van der Waals surface area contributed by atoms with Gasteiger partial charge in [0.1, 0.15) is 11.2 Å². The normalized spacial score (nSPS) is 16.9. The molecule has 1 amide bonds. The van der Waals surface area contributed by atoms with E-state index in [9.17, 15) is 14.8 Å². The SMILES string of the molecule is CCO/C=C/c1c(C)c2cnc(/N=c3/ccc(N4CCN(C(=O)OC(C)(C)C)CC4)cn3O)nc2n(C2CCCC2)c1=O. The zero-order chi connectivity index (χ0) is 30.7. The van der Waals surface area contributed by atoms with Crippen molar-refractivity contribution in [2.45, 2.75) is 71.9 Å². The zero-order valence-electron chi connectivity index (χ0n) is 25.6. The Balaban J connectivity index is 1.43. The molecule has 2 fully saturated rings. The van der Waals surface area contributed by atoms with Gasteiger partial charge >= 0.3 is 6.09 Å². The van der Waals surface area contributed by atoms with Crippen LogP contribution in [0.5, 0.6) is 0 Å². The Labute approximate surface area is 250 Å². The maximum atomic E-state index is 13.7. The molecule has 0 aromatic carbocycles. The molecule has 2 aliphatic rings. The van der Waals surface area contributed by atoms with E-state index in [2.05, 4.69) is 14.9 Å². The zero-order valence-corrected chi connectivity index (χ0v) is 25.6. The molecule has 3 aromatic rings. The number of anilines is 1. The van der Waals surface area contributed by atoms with Crippen LogP contribution in [0, 0.1) is 6.92 Å². The van der Waals surface area contributed by atoms with Gasteiger partial charge in [0.05, 0.1) is 24.8 Å². The summed E-state index contributed by atoms with van der Waals surface area (Å²) in [6, 6.07) is 3.61. The van der Waals surface area contributed by atoms with Crippen LogP contribution in [0.3, 0.4) is 0 Å². The van der Waals surface area contributed by atoms with Crippen LogP contribution in [0.1, 0.15) is 70.5 Å². The number of rotatable bonds is 6. The van der Waals surface area contributed by atoms with E-state index in [4.69, 9.17) is 14.5 Å². The van der Waals surface area contributed by atoms with Gasteiger partial charge in [-0.25, -0.2) is 9.78 Å². The summed E-state index contributed by atoms with van der Waals surface area (Å²) in [5.41, 5.74) is 2.29. The molecule has 12 nitrogen and oxygen atoms in total. The smallest absolute Gasteiger partial charge is 0.410 e. The minimum absolute atomic E-state index is 0.0513. The highest BCUT2D eigenvalue weighted by Gasteiger charge is 2.27. The van der Waals surface area contributed by atoms with Crippen molar-refractivity contribution in [3.8, 4) is 0 Å². The molecule has 12 heteroatoms. The van der Waals surface area contributed by atoms with Crippen LogP contribution < -0.4 is 15.9 Å². The third-order valence-corrected chi connectivity index (χ3v) is 7.83. The van der Waals surface area contributed by atoms with Crippen molar-refractivity contribution >= 4 is 34.8 Å². The van der Waals surface area contributed by atoms with E-state index in [0.29, 0.717) is 44.0 Å². The number of aromatic nitrogens is 4. The molecule has 1 saturated heterocycles. The molecular weight excluding hydrogens is 550 g/mol. The summed E-state index contributed by atoms with van der Waals surface area (Å²) in [5.74, 6) is 0.150. The first-order valence-corrected chi connectivity index (χ1v) is 15.0. The molecule has 0 atom stereocenters. The maximum Gasteiger partial charge on any atom is 0.410 e. The Hall–Kier alpha value is -4.35. The molecule has 4 heterocycles. The van der Waals surface area contributed by atoms with Crippen LogP contribution in [0.2, 0.25) is 0 Å². The minimum Gasteiger partial charge on any atom is -0.501 e. The molecular formula is C31H41N7O5.